The molecule has 4 unspecified atom stereocenters. The fourth-order valence-corrected chi connectivity index (χ4v) is 3.23. The van der Waals surface area contributed by atoms with Gasteiger partial charge in [-0.15, -0.1) is 0 Å². The number of fused-ring (bicyclic) bond motifs is 1. The van der Waals surface area contributed by atoms with Crippen LogP contribution in [-0.2, 0) is 0 Å². The Morgan fingerprint density at radius 2 is 1.70 bits per heavy atom. The molecule has 10 heavy (non-hydrogen) atoms. The van der Waals surface area contributed by atoms with Crippen LogP contribution >= 0.6 is 0 Å². The maximum absolute atomic E-state index is 2.43. The van der Waals surface area contributed by atoms with E-state index in [9.17, 15) is 0 Å². The van der Waals surface area contributed by atoms with Gasteiger partial charge in [-0.2, -0.15) is 0 Å². The van der Waals surface area contributed by atoms with Crippen LogP contribution in [0.2, 0.25) is 0 Å². The summed E-state index contributed by atoms with van der Waals surface area (Å²) in [4.78, 5) is 0. The third-order valence-corrected chi connectivity index (χ3v) is 4.12. The van der Waals surface area contributed by atoms with Gasteiger partial charge in [0.1, 0.15) is 0 Å². The highest BCUT2D eigenvalue weighted by molar-refractivity contribution is 5.04. The predicted octanol–water partition coefficient (Wildman–Crippen LogP) is 2.69. The molecule has 0 nitrogen and oxygen atoms in total. The molecule has 0 heterocycles. The van der Waals surface area contributed by atoms with Crippen molar-refractivity contribution in [2.75, 3.05) is 0 Å². The summed E-state index contributed by atoms with van der Waals surface area (Å²) in [6.07, 6.45) is 6.34. The molecule has 0 aromatic heterocycles. The Hall–Kier alpha value is 0. The first-order chi connectivity index (χ1) is 4.86. The molecule has 3 saturated carbocycles. The molecule has 0 aliphatic heterocycles. The Labute approximate surface area is 63.0 Å². The van der Waals surface area contributed by atoms with Gasteiger partial charge in [-0.1, -0.05) is 6.92 Å². The summed E-state index contributed by atoms with van der Waals surface area (Å²) in [5.41, 5.74) is 0. The largest absolute Gasteiger partial charge is 0.0622 e. The molecule has 0 saturated heterocycles. The minimum Gasteiger partial charge on any atom is -0.0622 e. The molecule has 0 heteroatoms. The van der Waals surface area contributed by atoms with Crippen LogP contribution in [0.3, 0.4) is 0 Å². The maximum atomic E-state index is 2.43. The second-order valence-corrected chi connectivity index (χ2v) is 4.78. The third-order valence-electron chi connectivity index (χ3n) is 4.12. The van der Waals surface area contributed by atoms with Gasteiger partial charge in [-0.25, -0.2) is 0 Å². The van der Waals surface area contributed by atoms with Crippen LogP contribution in [0.1, 0.15) is 32.6 Å². The van der Waals surface area contributed by atoms with Gasteiger partial charge in [-0.3, -0.25) is 0 Å². The number of rotatable bonds is 1. The first-order valence-electron chi connectivity index (χ1n) is 4.86. The molecule has 5 atom stereocenters. The molecule has 0 N–H and O–H groups in total. The Balaban J connectivity index is 1.71. The fraction of sp³-hybridized carbons (Fsp3) is 1.00. The SMILES string of the molecule is C[C@@H]1CC1C1CCC2CC21. The number of hydrogen-bond acceptors (Lipinski definition) is 0. The van der Waals surface area contributed by atoms with E-state index in [1.54, 1.807) is 25.7 Å². The van der Waals surface area contributed by atoms with Gasteiger partial charge in [0.2, 0.25) is 0 Å². The molecule has 56 valence electrons. The van der Waals surface area contributed by atoms with E-state index in [4.69, 9.17) is 0 Å². The molecular formula is C10H16. The van der Waals surface area contributed by atoms with Crippen LogP contribution in [-0.4, -0.2) is 0 Å². The van der Waals surface area contributed by atoms with Gasteiger partial charge in [0.15, 0.2) is 0 Å². The zero-order valence-electron chi connectivity index (χ0n) is 6.72. The van der Waals surface area contributed by atoms with Crippen LogP contribution in [0.5, 0.6) is 0 Å². The van der Waals surface area contributed by atoms with Gasteiger partial charge >= 0.3 is 0 Å². The van der Waals surface area contributed by atoms with Crippen LogP contribution < -0.4 is 0 Å². The van der Waals surface area contributed by atoms with Crippen molar-refractivity contribution >= 4 is 0 Å². The van der Waals surface area contributed by atoms with E-state index < -0.39 is 0 Å². The predicted molar refractivity (Wildman–Crippen MR) is 41.6 cm³/mol. The Kier molecular flexibility index (Phi) is 0.898. The Morgan fingerprint density at radius 3 is 2.10 bits per heavy atom. The second kappa shape index (κ2) is 1.60. The Bertz CT molecular complexity index is 161. The lowest BCUT2D eigenvalue weighted by Gasteiger charge is -2.08. The van der Waals surface area contributed by atoms with Crippen molar-refractivity contribution in [2.24, 2.45) is 29.6 Å². The summed E-state index contributed by atoms with van der Waals surface area (Å²) in [7, 11) is 0. The molecule has 3 aliphatic carbocycles. The highest BCUT2D eigenvalue weighted by Gasteiger charge is 2.54. The normalized spacial score (nSPS) is 63.9. The summed E-state index contributed by atoms with van der Waals surface area (Å²) in [5.74, 6) is 5.90. The lowest BCUT2D eigenvalue weighted by molar-refractivity contribution is 0.403. The van der Waals surface area contributed by atoms with Crippen LogP contribution in [0, 0.1) is 29.6 Å². The lowest BCUT2D eigenvalue weighted by Crippen LogP contribution is -2.01. The van der Waals surface area contributed by atoms with E-state index in [1.807, 2.05) is 0 Å². The Morgan fingerprint density at radius 1 is 0.900 bits per heavy atom. The van der Waals surface area contributed by atoms with Crippen molar-refractivity contribution in [3.05, 3.63) is 0 Å². The van der Waals surface area contributed by atoms with Gasteiger partial charge in [0.05, 0.1) is 0 Å². The summed E-state index contributed by atoms with van der Waals surface area (Å²) >= 11 is 0. The highest BCUT2D eigenvalue weighted by Crippen LogP contribution is 2.63. The second-order valence-electron chi connectivity index (χ2n) is 4.78. The van der Waals surface area contributed by atoms with Crippen molar-refractivity contribution in [1.29, 1.82) is 0 Å². The van der Waals surface area contributed by atoms with Crippen molar-refractivity contribution < 1.29 is 0 Å². The summed E-state index contributed by atoms with van der Waals surface area (Å²) < 4.78 is 0. The first-order valence-corrected chi connectivity index (χ1v) is 4.86. The molecule has 3 aliphatic rings. The van der Waals surface area contributed by atoms with Gasteiger partial charge < -0.3 is 0 Å². The van der Waals surface area contributed by atoms with E-state index in [0.717, 1.165) is 5.92 Å². The topological polar surface area (TPSA) is 0 Å². The van der Waals surface area contributed by atoms with Crippen molar-refractivity contribution in [1.82, 2.24) is 0 Å². The molecule has 3 fully saturated rings. The van der Waals surface area contributed by atoms with Crippen LogP contribution in [0.4, 0.5) is 0 Å². The van der Waals surface area contributed by atoms with Crippen molar-refractivity contribution in [3.63, 3.8) is 0 Å². The lowest BCUT2D eigenvalue weighted by atomic mass is 9.97. The quantitative estimate of drug-likeness (QED) is 0.520. The molecule has 0 spiro atoms. The highest BCUT2D eigenvalue weighted by atomic mass is 14.6. The van der Waals surface area contributed by atoms with Crippen molar-refractivity contribution in [3.8, 4) is 0 Å². The smallest absolute Gasteiger partial charge is 0.0352 e. The van der Waals surface area contributed by atoms with Crippen molar-refractivity contribution in [2.45, 2.75) is 32.6 Å². The minimum absolute atomic E-state index is 1.10. The molecule has 0 amide bonds. The minimum atomic E-state index is 1.10. The average molecular weight is 136 g/mol. The van der Waals surface area contributed by atoms with Gasteiger partial charge in [0, 0.05) is 0 Å². The molecule has 0 radical (unpaired) electrons. The van der Waals surface area contributed by atoms with Crippen LogP contribution in [0.15, 0.2) is 0 Å². The maximum Gasteiger partial charge on any atom is -0.0352 e. The van der Waals surface area contributed by atoms with E-state index in [1.165, 1.54) is 23.7 Å². The zero-order chi connectivity index (χ0) is 6.72. The summed E-state index contributed by atoms with van der Waals surface area (Å²) in [5, 5.41) is 0. The van der Waals surface area contributed by atoms with E-state index in [-0.39, 0.29) is 0 Å². The molecule has 0 aromatic carbocycles. The van der Waals surface area contributed by atoms with Gasteiger partial charge in [-0.05, 0) is 55.3 Å². The fourth-order valence-electron chi connectivity index (χ4n) is 3.23. The number of hydrogen-bond donors (Lipinski definition) is 0. The standard InChI is InChI=1S/C10H16/c1-6-4-9(6)8-3-2-7-5-10(7)8/h6-10H,2-5H2,1H3/t6-,7?,8?,9?,10?/m1/s1. The third kappa shape index (κ3) is 0.627. The van der Waals surface area contributed by atoms with Gasteiger partial charge in [0.25, 0.3) is 0 Å². The monoisotopic (exact) mass is 136 g/mol. The first kappa shape index (κ1) is 5.62. The summed E-state index contributed by atoms with van der Waals surface area (Å²) in [6, 6.07) is 0. The van der Waals surface area contributed by atoms with E-state index in [0.29, 0.717) is 0 Å². The molecule has 3 rings (SSSR count). The average Bonchev–Trinajstić information content (AvgIpc) is 2.79. The van der Waals surface area contributed by atoms with Crippen LogP contribution in [0.25, 0.3) is 0 Å². The zero-order valence-corrected chi connectivity index (χ0v) is 6.72. The van der Waals surface area contributed by atoms with E-state index >= 15 is 0 Å². The molecule has 0 aromatic rings. The molecular weight excluding hydrogens is 120 g/mol. The summed E-state index contributed by atoms with van der Waals surface area (Å²) in [6.45, 7) is 2.43. The van der Waals surface area contributed by atoms with E-state index in [2.05, 4.69) is 6.92 Å². The molecule has 0 bridgehead atoms.